The van der Waals surface area contributed by atoms with Crippen molar-refractivity contribution in [3.05, 3.63) is 36.2 Å². The molecule has 0 bridgehead atoms. The Morgan fingerprint density at radius 2 is 2.29 bits per heavy atom. The summed E-state index contributed by atoms with van der Waals surface area (Å²) in [5.74, 6) is 0.0668. The normalized spacial score (nSPS) is 18.0. The smallest absolute Gasteiger partial charge is 0.244 e. The highest BCUT2D eigenvalue weighted by Crippen LogP contribution is 2.18. The highest BCUT2D eigenvalue weighted by Gasteiger charge is 2.30. The third kappa shape index (κ3) is 5.45. The number of rotatable bonds is 7. The zero-order chi connectivity index (χ0) is 17.4. The van der Waals surface area contributed by atoms with Crippen LogP contribution in [0, 0.1) is 0 Å². The molecule has 2 rings (SSSR count). The highest BCUT2D eigenvalue weighted by atomic mass is 16.2. The maximum atomic E-state index is 12.1. The second-order valence-electron chi connectivity index (χ2n) is 6.19. The molecule has 0 radical (unpaired) electrons. The lowest BCUT2D eigenvalue weighted by Gasteiger charge is -2.25. The summed E-state index contributed by atoms with van der Waals surface area (Å²) in [4.78, 5) is 31.8. The number of likely N-dealkylation sites (N-methyl/N-ethyl adjacent to an activating group) is 1. The SMILES string of the molecule is CN(C)C(=O)C1CCCN1CCCNC(=O)C=Cc1cccnc1. The summed E-state index contributed by atoms with van der Waals surface area (Å²) in [5.41, 5.74) is 0.898. The first-order valence-corrected chi connectivity index (χ1v) is 8.39. The third-order valence-electron chi connectivity index (χ3n) is 4.12. The number of carbonyl (C=O) groups excluding carboxylic acids is 2. The molecule has 130 valence electrons. The van der Waals surface area contributed by atoms with E-state index < -0.39 is 0 Å². The van der Waals surface area contributed by atoms with Gasteiger partial charge in [0.1, 0.15) is 0 Å². The van der Waals surface area contributed by atoms with E-state index in [2.05, 4.69) is 15.2 Å². The summed E-state index contributed by atoms with van der Waals surface area (Å²) in [6.45, 7) is 2.39. The predicted molar refractivity (Wildman–Crippen MR) is 94.2 cm³/mol. The maximum absolute atomic E-state index is 12.1. The van der Waals surface area contributed by atoms with Crippen molar-refractivity contribution in [2.45, 2.75) is 25.3 Å². The van der Waals surface area contributed by atoms with Gasteiger partial charge in [-0.1, -0.05) is 6.07 Å². The van der Waals surface area contributed by atoms with Gasteiger partial charge in [0.25, 0.3) is 0 Å². The molecule has 2 heterocycles. The van der Waals surface area contributed by atoms with Gasteiger partial charge in [0.15, 0.2) is 0 Å². The van der Waals surface area contributed by atoms with Crippen LogP contribution in [0.1, 0.15) is 24.8 Å². The molecule has 0 aliphatic carbocycles. The number of nitrogens with one attached hydrogen (secondary N) is 1. The summed E-state index contributed by atoms with van der Waals surface area (Å²) < 4.78 is 0. The average Bonchev–Trinajstić information content (AvgIpc) is 3.05. The van der Waals surface area contributed by atoms with Gasteiger partial charge < -0.3 is 10.2 Å². The molecule has 1 aliphatic heterocycles. The number of hydrogen-bond acceptors (Lipinski definition) is 4. The largest absolute Gasteiger partial charge is 0.353 e. The molecule has 1 saturated heterocycles. The van der Waals surface area contributed by atoms with Crippen LogP contribution in [0.15, 0.2) is 30.6 Å². The van der Waals surface area contributed by atoms with Crippen LogP contribution in [0.5, 0.6) is 0 Å². The van der Waals surface area contributed by atoms with Crippen molar-refractivity contribution in [1.29, 1.82) is 0 Å². The fraction of sp³-hybridized carbons (Fsp3) is 0.500. The Kier molecular flexibility index (Phi) is 6.93. The number of aromatic nitrogens is 1. The monoisotopic (exact) mass is 330 g/mol. The first kappa shape index (κ1) is 18.1. The molecular weight excluding hydrogens is 304 g/mol. The fourth-order valence-corrected chi connectivity index (χ4v) is 2.87. The van der Waals surface area contributed by atoms with Crippen molar-refractivity contribution in [3.63, 3.8) is 0 Å². The van der Waals surface area contributed by atoms with Gasteiger partial charge in [-0.05, 0) is 43.5 Å². The second-order valence-corrected chi connectivity index (χ2v) is 6.19. The van der Waals surface area contributed by atoms with Gasteiger partial charge in [-0.25, -0.2) is 0 Å². The minimum Gasteiger partial charge on any atom is -0.353 e. The van der Waals surface area contributed by atoms with E-state index in [1.807, 2.05) is 12.1 Å². The van der Waals surface area contributed by atoms with E-state index in [0.717, 1.165) is 37.9 Å². The van der Waals surface area contributed by atoms with Gasteiger partial charge in [-0.15, -0.1) is 0 Å². The van der Waals surface area contributed by atoms with Crippen molar-refractivity contribution in [2.75, 3.05) is 33.7 Å². The number of carbonyl (C=O) groups is 2. The Labute approximate surface area is 143 Å². The summed E-state index contributed by atoms with van der Waals surface area (Å²) in [7, 11) is 3.60. The number of amides is 2. The van der Waals surface area contributed by atoms with Crippen molar-refractivity contribution in [3.8, 4) is 0 Å². The zero-order valence-electron chi connectivity index (χ0n) is 14.4. The molecule has 6 nitrogen and oxygen atoms in total. The molecule has 0 aromatic carbocycles. The van der Waals surface area contributed by atoms with Crippen LogP contribution in [0.4, 0.5) is 0 Å². The Morgan fingerprint density at radius 1 is 1.46 bits per heavy atom. The molecule has 2 amide bonds. The molecular formula is C18H26N4O2. The van der Waals surface area contributed by atoms with Crippen LogP contribution in [-0.2, 0) is 9.59 Å². The van der Waals surface area contributed by atoms with Crippen LogP contribution in [-0.4, -0.2) is 66.4 Å². The van der Waals surface area contributed by atoms with Crippen LogP contribution < -0.4 is 5.32 Å². The third-order valence-corrected chi connectivity index (χ3v) is 4.12. The second kappa shape index (κ2) is 9.17. The van der Waals surface area contributed by atoms with Crippen molar-refractivity contribution in [1.82, 2.24) is 20.1 Å². The van der Waals surface area contributed by atoms with Gasteiger partial charge in [0, 0.05) is 45.7 Å². The molecule has 1 aromatic rings. The van der Waals surface area contributed by atoms with Crippen LogP contribution in [0.3, 0.4) is 0 Å². The quantitative estimate of drug-likeness (QED) is 0.602. The minimum absolute atomic E-state index is 0.00109. The molecule has 1 atom stereocenters. The lowest BCUT2D eigenvalue weighted by atomic mass is 10.2. The first-order chi connectivity index (χ1) is 11.6. The van der Waals surface area contributed by atoms with E-state index in [9.17, 15) is 9.59 Å². The lowest BCUT2D eigenvalue weighted by molar-refractivity contribution is -0.133. The number of hydrogen-bond donors (Lipinski definition) is 1. The fourth-order valence-electron chi connectivity index (χ4n) is 2.87. The predicted octanol–water partition coefficient (Wildman–Crippen LogP) is 1.15. The molecule has 6 heteroatoms. The highest BCUT2D eigenvalue weighted by molar-refractivity contribution is 5.91. The van der Waals surface area contributed by atoms with E-state index in [4.69, 9.17) is 0 Å². The van der Waals surface area contributed by atoms with Crippen LogP contribution in [0.25, 0.3) is 6.08 Å². The Bertz CT molecular complexity index is 572. The number of nitrogens with zero attached hydrogens (tertiary/aromatic N) is 3. The molecule has 1 aromatic heterocycles. The van der Waals surface area contributed by atoms with E-state index in [-0.39, 0.29) is 17.9 Å². The van der Waals surface area contributed by atoms with E-state index >= 15 is 0 Å². The zero-order valence-corrected chi connectivity index (χ0v) is 14.4. The van der Waals surface area contributed by atoms with Gasteiger partial charge >= 0.3 is 0 Å². The molecule has 1 aliphatic rings. The van der Waals surface area contributed by atoms with E-state index in [1.165, 1.54) is 6.08 Å². The molecule has 24 heavy (non-hydrogen) atoms. The summed E-state index contributed by atoms with van der Waals surface area (Å²) in [6, 6.07) is 3.73. The summed E-state index contributed by atoms with van der Waals surface area (Å²) >= 11 is 0. The maximum Gasteiger partial charge on any atom is 0.244 e. The van der Waals surface area contributed by atoms with Gasteiger partial charge in [-0.3, -0.25) is 19.5 Å². The molecule has 1 unspecified atom stereocenters. The van der Waals surface area contributed by atoms with Crippen LogP contribution in [0.2, 0.25) is 0 Å². The Hall–Kier alpha value is -2.21. The van der Waals surface area contributed by atoms with E-state index in [1.54, 1.807) is 37.5 Å². The minimum atomic E-state index is -0.110. The summed E-state index contributed by atoms with van der Waals surface area (Å²) in [6.07, 6.45) is 9.49. The van der Waals surface area contributed by atoms with Crippen LogP contribution >= 0.6 is 0 Å². The van der Waals surface area contributed by atoms with Gasteiger partial charge in [-0.2, -0.15) is 0 Å². The topological polar surface area (TPSA) is 65.5 Å². The Balaban J connectivity index is 1.68. The van der Waals surface area contributed by atoms with Crippen molar-refractivity contribution in [2.24, 2.45) is 0 Å². The number of likely N-dealkylation sites (tertiary alicyclic amines) is 1. The van der Waals surface area contributed by atoms with E-state index in [0.29, 0.717) is 6.54 Å². The number of pyridine rings is 1. The molecule has 1 fully saturated rings. The lowest BCUT2D eigenvalue weighted by Crippen LogP contribution is -2.43. The first-order valence-electron chi connectivity index (χ1n) is 8.39. The standard InChI is InChI=1S/C18H26N4O2/c1-21(2)18(24)16-7-4-12-22(16)13-5-11-20-17(23)9-8-15-6-3-10-19-14-15/h3,6,8-10,14,16H,4-5,7,11-13H2,1-2H3,(H,20,23). The van der Waals surface area contributed by atoms with Gasteiger partial charge in [0.2, 0.25) is 11.8 Å². The van der Waals surface area contributed by atoms with Crippen molar-refractivity contribution < 1.29 is 9.59 Å². The summed E-state index contributed by atoms with van der Waals surface area (Å²) in [5, 5.41) is 2.88. The van der Waals surface area contributed by atoms with Crippen molar-refractivity contribution >= 4 is 17.9 Å². The molecule has 0 saturated carbocycles. The van der Waals surface area contributed by atoms with Gasteiger partial charge in [0.05, 0.1) is 6.04 Å². The molecule has 0 spiro atoms. The Morgan fingerprint density at radius 3 is 3.00 bits per heavy atom. The molecule has 1 N–H and O–H groups in total. The average molecular weight is 330 g/mol.